The van der Waals surface area contributed by atoms with Crippen LogP contribution in [0.5, 0.6) is 0 Å². The number of benzene rings is 5. The predicted octanol–water partition coefficient (Wildman–Crippen LogP) is 8.43. The summed E-state index contributed by atoms with van der Waals surface area (Å²) in [5.41, 5.74) is 7.29. The molecule has 0 bridgehead atoms. The van der Waals surface area contributed by atoms with Crippen molar-refractivity contribution in [1.82, 2.24) is 9.13 Å². The summed E-state index contributed by atoms with van der Waals surface area (Å²) in [6.45, 7) is 7.69. The molecule has 0 saturated heterocycles. The zero-order valence-electron chi connectivity index (χ0n) is 18.3. The first kappa shape index (κ1) is 18.7. The molecule has 5 aromatic carbocycles. The van der Waals surface area contributed by atoms with Gasteiger partial charge in [0.15, 0.2) is 0 Å². The van der Waals surface area contributed by atoms with E-state index in [9.17, 15) is 0 Å². The summed E-state index contributed by atoms with van der Waals surface area (Å²) in [6, 6.07) is 40.1. The summed E-state index contributed by atoms with van der Waals surface area (Å²) in [6.07, 6.45) is 0. The van der Waals surface area contributed by atoms with Gasteiger partial charge >= 0.3 is 0 Å². The topological polar surface area (TPSA) is 14.2 Å². The molecule has 34 heavy (non-hydrogen) atoms. The van der Waals surface area contributed by atoms with Gasteiger partial charge in [-0.15, -0.1) is 0 Å². The molecule has 0 aliphatic rings. The van der Waals surface area contributed by atoms with E-state index < -0.39 is 0 Å². The van der Waals surface area contributed by atoms with Crippen molar-refractivity contribution in [2.45, 2.75) is 0 Å². The van der Waals surface area contributed by atoms with Crippen molar-refractivity contribution >= 4 is 49.3 Å². The SMILES string of the molecule is [C-]#[N+]c1ccccc1-n1c2ccccc2c2cc(-n3c4ccccc4c4ccccc43)ccc21. The highest BCUT2D eigenvalue weighted by Gasteiger charge is 2.17. The van der Waals surface area contributed by atoms with Gasteiger partial charge in [0.05, 0.1) is 34.3 Å². The first-order valence-corrected chi connectivity index (χ1v) is 11.3. The second-order valence-corrected chi connectivity index (χ2v) is 8.52. The number of hydrogen-bond acceptors (Lipinski definition) is 0. The van der Waals surface area contributed by atoms with Crippen LogP contribution in [0.2, 0.25) is 0 Å². The molecule has 0 unspecified atom stereocenters. The van der Waals surface area contributed by atoms with Crippen molar-refractivity contribution in [3.8, 4) is 11.4 Å². The minimum atomic E-state index is 0.650. The van der Waals surface area contributed by atoms with Crippen LogP contribution < -0.4 is 0 Å². The minimum absolute atomic E-state index is 0.650. The van der Waals surface area contributed by atoms with Gasteiger partial charge < -0.3 is 9.13 Å². The summed E-state index contributed by atoms with van der Waals surface area (Å²) >= 11 is 0. The predicted molar refractivity (Wildman–Crippen MR) is 141 cm³/mol. The number of aromatic nitrogens is 2. The normalized spacial score (nSPS) is 11.5. The van der Waals surface area contributed by atoms with Gasteiger partial charge in [0, 0.05) is 27.2 Å². The fourth-order valence-electron chi connectivity index (χ4n) is 5.31. The second kappa shape index (κ2) is 7.10. The van der Waals surface area contributed by atoms with Crippen LogP contribution in [-0.2, 0) is 0 Å². The standard InChI is InChI=1S/C31H19N3/c1-32-26-13-5-9-17-31(26)34-29-16-8-4-12-24(29)25-20-21(18-19-30(25)34)33-27-14-6-2-10-22(27)23-11-3-7-15-28(23)33/h2-20H. The molecule has 0 spiro atoms. The van der Waals surface area contributed by atoms with Crippen LogP contribution in [0.1, 0.15) is 0 Å². The Balaban J connectivity index is 1.59. The summed E-state index contributed by atoms with van der Waals surface area (Å²) in [7, 11) is 0. The van der Waals surface area contributed by atoms with Crippen LogP contribution >= 0.6 is 0 Å². The molecule has 0 saturated carbocycles. The number of fused-ring (bicyclic) bond motifs is 6. The molecule has 7 rings (SSSR count). The molecule has 2 heterocycles. The Morgan fingerprint density at radius 3 is 1.62 bits per heavy atom. The highest BCUT2D eigenvalue weighted by atomic mass is 15.0. The summed E-state index contributed by atoms with van der Waals surface area (Å²) in [5, 5.41) is 4.87. The highest BCUT2D eigenvalue weighted by Crippen LogP contribution is 2.38. The Kier molecular flexibility index (Phi) is 3.91. The maximum atomic E-state index is 7.69. The molecule has 3 heteroatoms. The van der Waals surface area contributed by atoms with E-state index in [2.05, 4.69) is 105 Å². The lowest BCUT2D eigenvalue weighted by molar-refractivity contribution is 1.17. The molecule has 0 radical (unpaired) electrons. The largest absolute Gasteiger partial charge is 0.319 e. The van der Waals surface area contributed by atoms with Gasteiger partial charge in [-0.2, -0.15) is 0 Å². The van der Waals surface area contributed by atoms with Crippen molar-refractivity contribution in [2.24, 2.45) is 0 Å². The van der Waals surface area contributed by atoms with Gasteiger partial charge in [-0.05, 0) is 42.5 Å². The third-order valence-corrected chi connectivity index (χ3v) is 6.74. The van der Waals surface area contributed by atoms with Crippen LogP contribution in [0.15, 0.2) is 115 Å². The third kappa shape index (κ3) is 2.51. The summed E-state index contributed by atoms with van der Waals surface area (Å²) < 4.78 is 4.57. The first-order chi connectivity index (χ1) is 16.8. The molecule has 3 nitrogen and oxygen atoms in total. The molecule has 0 aliphatic heterocycles. The Hall–Kier alpha value is -4.81. The lowest BCUT2D eigenvalue weighted by atomic mass is 10.1. The average Bonchev–Trinajstić information content (AvgIpc) is 3.41. The van der Waals surface area contributed by atoms with E-state index in [1.165, 1.54) is 32.6 Å². The van der Waals surface area contributed by atoms with E-state index in [4.69, 9.17) is 6.57 Å². The smallest absolute Gasteiger partial charge is 0.210 e. The number of rotatable bonds is 2. The van der Waals surface area contributed by atoms with E-state index in [1.807, 2.05) is 24.3 Å². The van der Waals surface area contributed by atoms with Crippen LogP contribution in [0.4, 0.5) is 5.69 Å². The molecular formula is C31H19N3. The molecule has 0 aliphatic carbocycles. The summed E-state index contributed by atoms with van der Waals surface area (Å²) in [4.78, 5) is 3.79. The Bertz CT molecular complexity index is 1870. The molecule has 0 fully saturated rings. The molecule has 7 aromatic rings. The number of hydrogen-bond donors (Lipinski definition) is 0. The van der Waals surface area contributed by atoms with Crippen molar-refractivity contribution in [2.75, 3.05) is 0 Å². The molecular weight excluding hydrogens is 414 g/mol. The Morgan fingerprint density at radius 1 is 0.471 bits per heavy atom. The lowest BCUT2D eigenvalue weighted by Gasteiger charge is -2.11. The van der Waals surface area contributed by atoms with Gasteiger partial charge in [0.2, 0.25) is 5.69 Å². The first-order valence-electron chi connectivity index (χ1n) is 11.3. The molecule has 0 N–H and O–H groups in total. The minimum Gasteiger partial charge on any atom is -0.319 e. The lowest BCUT2D eigenvalue weighted by Crippen LogP contribution is -1.95. The zero-order valence-corrected chi connectivity index (χ0v) is 18.3. The monoisotopic (exact) mass is 433 g/mol. The number of para-hydroxylation sites is 5. The Morgan fingerprint density at radius 2 is 0.971 bits per heavy atom. The van der Waals surface area contributed by atoms with Crippen molar-refractivity contribution in [3.63, 3.8) is 0 Å². The van der Waals surface area contributed by atoms with Gasteiger partial charge in [0.25, 0.3) is 0 Å². The van der Waals surface area contributed by atoms with Gasteiger partial charge in [-0.1, -0.05) is 72.8 Å². The molecule has 0 atom stereocenters. The second-order valence-electron chi connectivity index (χ2n) is 8.52. The summed E-state index contributed by atoms with van der Waals surface area (Å²) in [5.74, 6) is 0. The fourth-order valence-corrected chi connectivity index (χ4v) is 5.31. The van der Waals surface area contributed by atoms with E-state index in [0.717, 1.165) is 22.4 Å². The van der Waals surface area contributed by atoms with Crippen molar-refractivity contribution in [1.29, 1.82) is 0 Å². The van der Waals surface area contributed by atoms with E-state index in [-0.39, 0.29) is 0 Å². The van der Waals surface area contributed by atoms with E-state index >= 15 is 0 Å². The maximum absolute atomic E-state index is 7.69. The van der Waals surface area contributed by atoms with E-state index in [1.54, 1.807) is 0 Å². The highest BCUT2D eigenvalue weighted by molar-refractivity contribution is 6.12. The van der Waals surface area contributed by atoms with Gasteiger partial charge in [-0.25, -0.2) is 4.85 Å². The molecule has 158 valence electrons. The average molecular weight is 434 g/mol. The molecule has 2 aromatic heterocycles. The molecule has 0 amide bonds. The number of nitrogens with zero attached hydrogens (tertiary/aromatic N) is 3. The Labute approximate surface area is 196 Å². The van der Waals surface area contributed by atoms with Crippen molar-refractivity contribution < 1.29 is 0 Å². The van der Waals surface area contributed by atoms with Crippen LogP contribution in [0.25, 0.3) is 59.8 Å². The quantitative estimate of drug-likeness (QED) is 0.243. The van der Waals surface area contributed by atoms with Gasteiger partial charge in [0.1, 0.15) is 0 Å². The van der Waals surface area contributed by atoms with Crippen LogP contribution in [0, 0.1) is 6.57 Å². The van der Waals surface area contributed by atoms with Crippen LogP contribution in [0.3, 0.4) is 0 Å². The third-order valence-electron chi connectivity index (χ3n) is 6.74. The van der Waals surface area contributed by atoms with Crippen LogP contribution in [-0.4, -0.2) is 9.13 Å². The van der Waals surface area contributed by atoms with Gasteiger partial charge in [-0.3, -0.25) is 0 Å². The zero-order chi connectivity index (χ0) is 22.6. The van der Waals surface area contributed by atoms with Crippen molar-refractivity contribution in [3.05, 3.63) is 127 Å². The van der Waals surface area contributed by atoms with E-state index in [0.29, 0.717) is 5.69 Å². The maximum Gasteiger partial charge on any atom is 0.210 e. The fraction of sp³-hybridized carbons (Fsp3) is 0.